The molecule has 0 aliphatic carbocycles. The van der Waals surface area contributed by atoms with E-state index in [0.717, 1.165) is 41.1 Å². The van der Waals surface area contributed by atoms with Gasteiger partial charge in [0.2, 0.25) is 5.91 Å². The van der Waals surface area contributed by atoms with Crippen LogP contribution in [0.5, 0.6) is 11.5 Å². The first-order valence-corrected chi connectivity index (χ1v) is 16.7. The van der Waals surface area contributed by atoms with E-state index in [-0.39, 0.29) is 18.7 Å². The zero-order valence-electron chi connectivity index (χ0n) is 29.9. The van der Waals surface area contributed by atoms with E-state index in [0.29, 0.717) is 5.92 Å². The number of aromatic nitrogens is 1. The molecule has 1 aliphatic heterocycles. The smallest absolute Gasteiger partial charge is 0.249 e. The van der Waals surface area contributed by atoms with Crippen molar-refractivity contribution >= 4 is 22.5 Å². The van der Waals surface area contributed by atoms with Gasteiger partial charge in [-0.1, -0.05) is 104 Å². The molecule has 6 nitrogen and oxygen atoms in total. The van der Waals surface area contributed by atoms with Crippen molar-refractivity contribution in [3.05, 3.63) is 115 Å². The monoisotopic (exact) mass is 629 g/mol. The average Bonchev–Trinajstić information content (AvgIpc) is 3.54. The predicted octanol–water partition coefficient (Wildman–Crippen LogP) is 11.2. The number of H-pyrrole nitrogens is 1. The number of ether oxygens (including phenoxy) is 1. The van der Waals surface area contributed by atoms with Crippen LogP contribution in [0.15, 0.2) is 109 Å². The Labute approximate surface area is 279 Å². The Hall–Kier alpha value is -4.29. The molecule has 2 atom stereocenters. The number of allylic oxidation sites excluding steroid dienone is 2. The molecule has 0 radical (unpaired) electrons. The first-order chi connectivity index (χ1) is 22.4. The summed E-state index contributed by atoms with van der Waals surface area (Å²) in [6, 6.07) is 25.4. The van der Waals surface area contributed by atoms with Crippen molar-refractivity contribution in [3.63, 3.8) is 0 Å². The van der Waals surface area contributed by atoms with Gasteiger partial charge in [0.25, 0.3) is 0 Å². The third-order valence-electron chi connectivity index (χ3n) is 6.79. The SMILES string of the molecule is C/C=C1\CC(C)C(c2c[nH]c3ccccc23)N(C)C1=O.C=CCC.CC.CC.CC.OCNc1ccc(Oc2ccccc2)cc1. The van der Waals surface area contributed by atoms with Crippen LogP contribution in [0.2, 0.25) is 0 Å². The quantitative estimate of drug-likeness (QED) is 0.113. The molecule has 2 heterocycles. The van der Waals surface area contributed by atoms with Gasteiger partial charge >= 0.3 is 0 Å². The van der Waals surface area contributed by atoms with E-state index >= 15 is 0 Å². The van der Waals surface area contributed by atoms with E-state index in [1.165, 1.54) is 10.9 Å². The number of rotatable bonds is 6. The van der Waals surface area contributed by atoms with Gasteiger partial charge in [0, 0.05) is 41.0 Å². The van der Waals surface area contributed by atoms with E-state index < -0.39 is 0 Å². The highest BCUT2D eigenvalue weighted by molar-refractivity contribution is 5.95. The molecule has 1 amide bonds. The minimum atomic E-state index is -0.0705. The van der Waals surface area contributed by atoms with Crippen LogP contribution in [0.1, 0.15) is 86.8 Å². The van der Waals surface area contributed by atoms with E-state index in [9.17, 15) is 4.79 Å². The van der Waals surface area contributed by atoms with Crippen LogP contribution in [-0.4, -0.2) is 34.7 Å². The van der Waals surface area contributed by atoms with Gasteiger partial charge in [0.1, 0.15) is 18.2 Å². The van der Waals surface area contributed by atoms with Crippen molar-refractivity contribution < 1.29 is 14.6 Å². The molecule has 1 aromatic heterocycles. The highest BCUT2D eigenvalue weighted by Crippen LogP contribution is 2.40. The number of benzene rings is 3. The molecular formula is C40H59N3O3. The lowest BCUT2D eigenvalue weighted by Gasteiger charge is -2.38. The Balaban J connectivity index is 0.000000699. The van der Waals surface area contributed by atoms with E-state index in [1.54, 1.807) is 0 Å². The molecule has 6 heteroatoms. The number of aliphatic hydroxyl groups excluding tert-OH is 1. The highest BCUT2D eigenvalue weighted by atomic mass is 16.5. The number of nitrogens with one attached hydrogen (secondary N) is 2. The van der Waals surface area contributed by atoms with Crippen molar-refractivity contribution in [1.82, 2.24) is 9.88 Å². The lowest BCUT2D eigenvalue weighted by Crippen LogP contribution is -2.40. The summed E-state index contributed by atoms with van der Waals surface area (Å²) in [6.45, 7) is 21.6. The Bertz CT molecular complexity index is 1380. The number of anilines is 1. The zero-order valence-corrected chi connectivity index (χ0v) is 29.9. The first-order valence-electron chi connectivity index (χ1n) is 16.7. The van der Waals surface area contributed by atoms with Crippen molar-refractivity contribution in [2.75, 3.05) is 19.1 Å². The molecule has 2 unspecified atom stereocenters. The number of likely N-dealkylation sites (N-methyl/N-ethyl adjacent to an activating group) is 1. The van der Waals surface area contributed by atoms with Crippen molar-refractivity contribution in [1.29, 1.82) is 0 Å². The van der Waals surface area contributed by atoms with Crippen LogP contribution in [0.4, 0.5) is 5.69 Å². The molecule has 5 rings (SSSR count). The summed E-state index contributed by atoms with van der Waals surface area (Å²) >= 11 is 0. The Morgan fingerprint density at radius 2 is 1.48 bits per heavy atom. The lowest BCUT2D eigenvalue weighted by atomic mass is 9.83. The number of hydrogen-bond acceptors (Lipinski definition) is 4. The second kappa shape index (κ2) is 25.0. The van der Waals surface area contributed by atoms with Crippen molar-refractivity contribution in [3.8, 4) is 11.5 Å². The third-order valence-corrected chi connectivity index (χ3v) is 6.79. The molecule has 0 spiro atoms. The zero-order chi connectivity index (χ0) is 34.9. The van der Waals surface area contributed by atoms with Crippen LogP contribution in [-0.2, 0) is 4.79 Å². The summed E-state index contributed by atoms with van der Waals surface area (Å²) in [6.07, 6.45) is 7.81. The van der Waals surface area contributed by atoms with Crippen LogP contribution in [0, 0.1) is 5.92 Å². The summed E-state index contributed by atoms with van der Waals surface area (Å²) in [7, 11) is 1.91. The van der Waals surface area contributed by atoms with Gasteiger partial charge in [-0.3, -0.25) is 4.79 Å². The lowest BCUT2D eigenvalue weighted by molar-refractivity contribution is -0.131. The third kappa shape index (κ3) is 13.0. The molecule has 0 bridgehead atoms. The van der Waals surface area contributed by atoms with Crippen LogP contribution < -0.4 is 10.1 Å². The van der Waals surface area contributed by atoms with Gasteiger partial charge in [-0.2, -0.15) is 0 Å². The standard InChI is InChI=1S/C17H20N2O.C13H13NO2.C4H8.3C2H6/c1-4-12-9-11(2)16(19(3)17(12)20)14-10-18-15-8-6-5-7-13(14)15;15-10-14-11-6-8-13(9-7-11)16-12-4-2-1-3-5-12;1-3-4-2;3*1-2/h4-8,10-11,16,18H,9H2,1-3H3;1-9,14-15H,10H2;3H,1,4H2,2H3;3*1-2H3/b12-4+;;;;;. The molecule has 0 saturated carbocycles. The normalized spacial score (nSPS) is 15.5. The number of carbonyl (C=O) groups is 1. The highest BCUT2D eigenvalue weighted by Gasteiger charge is 2.35. The molecule has 46 heavy (non-hydrogen) atoms. The number of carbonyl (C=O) groups excluding carboxylic acids is 1. The molecular weight excluding hydrogens is 570 g/mol. The number of hydrogen-bond donors (Lipinski definition) is 3. The fourth-order valence-electron chi connectivity index (χ4n) is 4.73. The molecule has 3 N–H and O–H groups in total. The van der Waals surface area contributed by atoms with Gasteiger partial charge < -0.3 is 25.0 Å². The maximum Gasteiger partial charge on any atom is 0.249 e. The number of likely N-dealkylation sites (tertiary alicyclic amines) is 1. The number of piperidine rings is 1. The second-order valence-electron chi connectivity index (χ2n) is 9.62. The van der Waals surface area contributed by atoms with Gasteiger partial charge in [0.05, 0.1) is 6.04 Å². The predicted molar refractivity (Wildman–Crippen MR) is 200 cm³/mol. The molecule has 1 fully saturated rings. The maximum absolute atomic E-state index is 12.4. The summed E-state index contributed by atoms with van der Waals surface area (Å²) < 4.78 is 5.62. The van der Waals surface area contributed by atoms with E-state index in [1.807, 2.05) is 139 Å². The Morgan fingerprint density at radius 1 is 0.935 bits per heavy atom. The summed E-state index contributed by atoms with van der Waals surface area (Å²) in [5.41, 5.74) is 4.14. The number of fused-ring (bicyclic) bond motifs is 1. The topological polar surface area (TPSA) is 77.6 Å². The van der Waals surface area contributed by atoms with E-state index in [4.69, 9.17) is 9.84 Å². The molecule has 4 aromatic rings. The van der Waals surface area contributed by atoms with Gasteiger partial charge in [-0.25, -0.2) is 0 Å². The van der Waals surface area contributed by atoms with Gasteiger partial charge in [-0.15, -0.1) is 6.58 Å². The summed E-state index contributed by atoms with van der Waals surface area (Å²) in [5.74, 6) is 2.16. The number of aromatic amines is 1. The summed E-state index contributed by atoms with van der Waals surface area (Å²) in [5, 5.41) is 12.7. The average molecular weight is 630 g/mol. The van der Waals surface area contributed by atoms with Crippen LogP contribution in [0.3, 0.4) is 0 Å². The fourth-order valence-corrected chi connectivity index (χ4v) is 4.73. The van der Waals surface area contributed by atoms with Crippen molar-refractivity contribution in [2.45, 2.75) is 81.2 Å². The van der Waals surface area contributed by atoms with Crippen molar-refractivity contribution in [2.24, 2.45) is 5.92 Å². The summed E-state index contributed by atoms with van der Waals surface area (Å²) in [4.78, 5) is 17.6. The number of aliphatic hydroxyl groups is 1. The first kappa shape index (κ1) is 41.7. The van der Waals surface area contributed by atoms with Crippen LogP contribution >= 0.6 is 0 Å². The molecule has 252 valence electrons. The second-order valence-corrected chi connectivity index (χ2v) is 9.62. The van der Waals surface area contributed by atoms with Crippen LogP contribution in [0.25, 0.3) is 10.9 Å². The number of amides is 1. The largest absolute Gasteiger partial charge is 0.457 e. The molecule has 3 aromatic carbocycles. The van der Waals surface area contributed by atoms with Gasteiger partial charge in [-0.05, 0) is 68.1 Å². The molecule has 1 saturated heterocycles. The minimum absolute atomic E-state index is 0.0705. The number of nitrogens with zero attached hydrogens (tertiary/aromatic N) is 1. The van der Waals surface area contributed by atoms with E-state index in [2.05, 4.69) is 49.1 Å². The number of para-hydroxylation sites is 2. The fraction of sp³-hybridized carbons (Fsp3) is 0.375. The Morgan fingerprint density at radius 3 is 2.02 bits per heavy atom. The molecule has 1 aliphatic rings. The Kier molecular flexibility index (Phi) is 22.6. The maximum atomic E-state index is 12.4. The minimum Gasteiger partial charge on any atom is -0.457 e. The van der Waals surface area contributed by atoms with Gasteiger partial charge in [0.15, 0.2) is 0 Å².